The zero-order valence-electron chi connectivity index (χ0n) is 12.9. The van der Waals surface area contributed by atoms with Gasteiger partial charge in [0.15, 0.2) is 6.17 Å². The molecule has 122 valence electrons. The number of aliphatic imine (C=N–C) groups is 1. The summed E-state index contributed by atoms with van der Waals surface area (Å²) in [6.45, 7) is 0. The van der Waals surface area contributed by atoms with Crippen LogP contribution in [-0.4, -0.2) is 35.6 Å². The Morgan fingerprint density at radius 1 is 1.12 bits per heavy atom. The van der Waals surface area contributed by atoms with E-state index in [1.807, 2.05) is 30.3 Å². The minimum absolute atomic E-state index is 0.0385. The van der Waals surface area contributed by atoms with Crippen molar-refractivity contribution < 1.29 is 9.28 Å². The van der Waals surface area contributed by atoms with Crippen LogP contribution in [0.1, 0.15) is 18.4 Å². The zero-order chi connectivity index (χ0) is 16.5. The van der Waals surface area contributed by atoms with Gasteiger partial charge in [-0.05, 0) is 37.0 Å². The lowest BCUT2D eigenvalue weighted by Gasteiger charge is -2.28. The van der Waals surface area contributed by atoms with Crippen molar-refractivity contribution in [2.24, 2.45) is 10.9 Å². The molecule has 24 heavy (non-hydrogen) atoms. The number of nitrogens with zero attached hydrogens (tertiary/aromatic N) is 2. The topological polar surface area (TPSA) is 56.7 Å². The standard InChI is InChI=1S/C18H17FN4O/c19-23-14(7-6-12-4-2-1-3-5-12)8-9-20-17(23)13-10-15-16(11-13)22-18(24)21-15/h1-5,8-9,13,15-17H,10-11H2,(H2,21,22,24). The molecule has 1 aliphatic carbocycles. The molecular formula is C18H17FN4O. The van der Waals surface area contributed by atoms with Crippen LogP contribution >= 0.6 is 0 Å². The highest BCUT2D eigenvalue weighted by atomic mass is 19.2. The van der Waals surface area contributed by atoms with Crippen LogP contribution in [0, 0.1) is 17.8 Å². The summed E-state index contributed by atoms with van der Waals surface area (Å²) in [5.41, 5.74) is 1.15. The van der Waals surface area contributed by atoms with Crippen molar-refractivity contribution in [1.29, 1.82) is 0 Å². The van der Waals surface area contributed by atoms with Gasteiger partial charge in [0.05, 0.1) is 12.1 Å². The predicted molar refractivity (Wildman–Crippen MR) is 88.6 cm³/mol. The van der Waals surface area contributed by atoms with Gasteiger partial charge in [-0.3, -0.25) is 4.99 Å². The summed E-state index contributed by atoms with van der Waals surface area (Å²) >= 11 is 0. The molecule has 3 atom stereocenters. The summed E-state index contributed by atoms with van der Waals surface area (Å²) < 4.78 is 14.8. The summed E-state index contributed by atoms with van der Waals surface area (Å²) in [6.07, 6.45) is 4.05. The summed E-state index contributed by atoms with van der Waals surface area (Å²) in [7, 11) is 0. The van der Waals surface area contributed by atoms with Crippen LogP contribution in [0.15, 0.2) is 47.1 Å². The minimum Gasteiger partial charge on any atom is -0.333 e. The molecule has 2 N–H and O–H groups in total. The first kappa shape index (κ1) is 14.8. The van der Waals surface area contributed by atoms with E-state index in [-0.39, 0.29) is 24.0 Å². The maximum atomic E-state index is 14.8. The van der Waals surface area contributed by atoms with E-state index in [4.69, 9.17) is 0 Å². The number of nitrogens with one attached hydrogen (secondary N) is 2. The van der Waals surface area contributed by atoms with Crippen LogP contribution in [-0.2, 0) is 0 Å². The Balaban J connectivity index is 1.47. The second-order valence-corrected chi connectivity index (χ2v) is 6.25. The maximum Gasteiger partial charge on any atom is 0.315 e. The third-order valence-corrected chi connectivity index (χ3v) is 4.70. The van der Waals surface area contributed by atoms with E-state index < -0.39 is 6.17 Å². The smallest absolute Gasteiger partial charge is 0.315 e. The molecule has 1 saturated carbocycles. The van der Waals surface area contributed by atoms with Gasteiger partial charge in [0.1, 0.15) is 5.70 Å². The Morgan fingerprint density at radius 2 is 1.83 bits per heavy atom. The molecule has 0 radical (unpaired) electrons. The van der Waals surface area contributed by atoms with Crippen LogP contribution < -0.4 is 10.6 Å². The first-order chi connectivity index (χ1) is 11.7. The van der Waals surface area contributed by atoms with Crippen LogP contribution in [0.3, 0.4) is 0 Å². The normalized spacial score (nSPS) is 30.8. The van der Waals surface area contributed by atoms with Crippen molar-refractivity contribution in [1.82, 2.24) is 15.8 Å². The van der Waals surface area contributed by atoms with Crippen molar-refractivity contribution in [2.45, 2.75) is 31.1 Å². The number of fused-ring (bicyclic) bond motifs is 1. The van der Waals surface area contributed by atoms with Gasteiger partial charge in [0, 0.05) is 17.7 Å². The third kappa shape index (κ3) is 2.73. The van der Waals surface area contributed by atoms with E-state index in [0.29, 0.717) is 23.7 Å². The number of rotatable bonds is 1. The summed E-state index contributed by atoms with van der Waals surface area (Å²) in [5, 5.41) is 6.40. The van der Waals surface area contributed by atoms with Crippen LogP contribution in [0.4, 0.5) is 9.28 Å². The Hall–Kier alpha value is -2.81. The van der Waals surface area contributed by atoms with E-state index in [9.17, 15) is 9.28 Å². The lowest BCUT2D eigenvalue weighted by molar-refractivity contribution is 0.000651. The number of allylic oxidation sites excluding steroid dienone is 2. The van der Waals surface area contributed by atoms with Crippen molar-refractivity contribution >= 4 is 12.2 Å². The number of carbonyl (C=O) groups excluding carboxylic acids is 1. The van der Waals surface area contributed by atoms with Gasteiger partial charge in [-0.1, -0.05) is 28.6 Å². The van der Waals surface area contributed by atoms with Crippen molar-refractivity contribution in [3.63, 3.8) is 0 Å². The fourth-order valence-corrected chi connectivity index (χ4v) is 3.55. The molecule has 0 spiro atoms. The van der Waals surface area contributed by atoms with Crippen LogP contribution in [0.5, 0.6) is 0 Å². The minimum atomic E-state index is -0.584. The van der Waals surface area contributed by atoms with Gasteiger partial charge in [-0.2, -0.15) is 5.12 Å². The Kier molecular flexibility index (Phi) is 3.69. The quantitative estimate of drug-likeness (QED) is 0.613. The van der Waals surface area contributed by atoms with Gasteiger partial charge in [-0.25, -0.2) is 4.79 Å². The van der Waals surface area contributed by atoms with Crippen molar-refractivity contribution in [3.05, 3.63) is 47.7 Å². The molecule has 2 amide bonds. The first-order valence-electron chi connectivity index (χ1n) is 8.03. The number of amides is 2. The number of halogens is 1. The Bertz CT molecular complexity index is 748. The average Bonchev–Trinajstić information content (AvgIpc) is 3.12. The lowest BCUT2D eigenvalue weighted by atomic mass is 10.0. The third-order valence-electron chi connectivity index (χ3n) is 4.70. The molecule has 1 aromatic rings. The second-order valence-electron chi connectivity index (χ2n) is 6.25. The highest BCUT2D eigenvalue weighted by Crippen LogP contribution is 2.35. The lowest BCUT2D eigenvalue weighted by Crippen LogP contribution is -2.36. The first-order valence-corrected chi connectivity index (χ1v) is 8.03. The van der Waals surface area contributed by atoms with Gasteiger partial charge in [0.25, 0.3) is 0 Å². The van der Waals surface area contributed by atoms with E-state index >= 15 is 0 Å². The average molecular weight is 324 g/mol. The monoisotopic (exact) mass is 324 g/mol. The molecule has 4 rings (SSSR count). The van der Waals surface area contributed by atoms with Crippen molar-refractivity contribution in [2.75, 3.05) is 0 Å². The SMILES string of the molecule is O=C1NC2CC(C3N=CC=C(C#Cc4ccccc4)N3F)CC2N1. The molecule has 3 unspecified atom stereocenters. The van der Waals surface area contributed by atoms with E-state index in [2.05, 4.69) is 27.5 Å². The number of hydrogen-bond donors (Lipinski definition) is 2. The molecule has 2 aliphatic heterocycles. The van der Waals surface area contributed by atoms with E-state index in [0.717, 1.165) is 5.56 Å². The molecule has 1 aromatic carbocycles. The number of carbonyl (C=O) groups is 1. The summed E-state index contributed by atoms with van der Waals surface area (Å²) in [4.78, 5) is 15.6. The van der Waals surface area contributed by atoms with Gasteiger partial charge >= 0.3 is 6.03 Å². The summed E-state index contributed by atoms with van der Waals surface area (Å²) in [6, 6.07) is 9.48. The number of hydrogen-bond acceptors (Lipinski definition) is 3. The van der Waals surface area contributed by atoms with Crippen molar-refractivity contribution in [3.8, 4) is 11.8 Å². The second kappa shape index (κ2) is 6.00. The van der Waals surface area contributed by atoms with E-state index in [1.165, 1.54) is 0 Å². The fraction of sp³-hybridized carbons (Fsp3) is 0.333. The Morgan fingerprint density at radius 3 is 2.54 bits per heavy atom. The van der Waals surface area contributed by atoms with E-state index in [1.54, 1.807) is 12.3 Å². The molecule has 2 fully saturated rings. The van der Waals surface area contributed by atoms with Gasteiger partial charge in [0.2, 0.25) is 0 Å². The molecule has 6 heteroatoms. The zero-order valence-corrected chi connectivity index (χ0v) is 12.9. The predicted octanol–water partition coefficient (Wildman–Crippen LogP) is 1.98. The molecule has 2 heterocycles. The molecule has 3 aliphatic rings. The Labute approximate surface area is 139 Å². The molecule has 0 bridgehead atoms. The highest BCUT2D eigenvalue weighted by Gasteiger charge is 2.45. The van der Waals surface area contributed by atoms with Gasteiger partial charge < -0.3 is 10.6 Å². The highest BCUT2D eigenvalue weighted by molar-refractivity contribution is 5.77. The van der Waals surface area contributed by atoms with Gasteiger partial charge in [-0.15, -0.1) is 0 Å². The molecular weight excluding hydrogens is 307 g/mol. The summed E-state index contributed by atoms with van der Waals surface area (Å²) in [5.74, 6) is 5.89. The number of benzene rings is 1. The largest absolute Gasteiger partial charge is 0.333 e. The number of urea groups is 1. The van der Waals surface area contributed by atoms with Crippen LogP contribution in [0.2, 0.25) is 0 Å². The fourth-order valence-electron chi connectivity index (χ4n) is 3.55. The van der Waals surface area contributed by atoms with Crippen LogP contribution in [0.25, 0.3) is 0 Å². The molecule has 1 saturated heterocycles. The molecule has 5 nitrogen and oxygen atoms in total. The molecule has 0 aromatic heterocycles. The maximum absolute atomic E-state index is 14.8.